The highest BCUT2D eigenvalue weighted by Crippen LogP contribution is 2.35. The van der Waals surface area contributed by atoms with E-state index in [0.717, 1.165) is 27.7 Å². The minimum atomic E-state index is -0.157. The van der Waals surface area contributed by atoms with Gasteiger partial charge in [-0.15, -0.1) is 10.2 Å². The van der Waals surface area contributed by atoms with Crippen molar-refractivity contribution in [1.82, 2.24) is 14.8 Å². The number of aromatic nitrogens is 3. The van der Waals surface area contributed by atoms with E-state index >= 15 is 0 Å². The van der Waals surface area contributed by atoms with Crippen LogP contribution in [0.5, 0.6) is 5.75 Å². The molecule has 1 aliphatic rings. The molecule has 1 aliphatic carbocycles. The van der Waals surface area contributed by atoms with Gasteiger partial charge in [0.15, 0.2) is 11.0 Å². The molecule has 0 saturated heterocycles. The fraction of sp³-hybridized carbons (Fsp3) is 0.375. The van der Waals surface area contributed by atoms with E-state index in [1.54, 1.807) is 31.1 Å². The number of aliphatic hydroxyl groups is 1. The Hall–Kier alpha value is -2.82. The van der Waals surface area contributed by atoms with Crippen molar-refractivity contribution in [1.29, 1.82) is 0 Å². The first-order valence-corrected chi connectivity index (χ1v) is 11.2. The van der Waals surface area contributed by atoms with Crippen LogP contribution in [0.25, 0.3) is 5.70 Å². The van der Waals surface area contributed by atoms with E-state index < -0.39 is 0 Å². The van der Waals surface area contributed by atoms with E-state index in [2.05, 4.69) is 33.6 Å². The molecule has 31 heavy (non-hydrogen) atoms. The number of hydrogen-bond acceptors (Lipinski definition) is 6. The summed E-state index contributed by atoms with van der Waals surface area (Å²) in [6.45, 7) is 5.91. The van der Waals surface area contributed by atoms with Gasteiger partial charge >= 0.3 is 0 Å². The molecule has 0 amide bonds. The van der Waals surface area contributed by atoms with Crippen molar-refractivity contribution < 1.29 is 9.84 Å². The third kappa shape index (κ3) is 6.09. The number of thioether (sulfide) groups is 1. The number of ether oxygens (including phenoxy) is 1. The molecule has 1 N–H and O–H groups in total. The topological polar surface area (TPSA) is 72.5 Å². The quantitative estimate of drug-likeness (QED) is 0.380. The second kappa shape index (κ2) is 11.5. The molecule has 162 valence electrons. The lowest BCUT2D eigenvalue weighted by molar-refractivity contribution is 0.293. The Balaban J connectivity index is 1.84. The summed E-state index contributed by atoms with van der Waals surface area (Å²) in [5.74, 6) is 7.04. The second-order valence-corrected chi connectivity index (χ2v) is 8.47. The van der Waals surface area contributed by atoms with Crippen molar-refractivity contribution >= 4 is 23.7 Å². The average Bonchev–Trinajstić information content (AvgIpc) is 3.42. The smallest absolute Gasteiger partial charge is 0.196 e. The number of nitrogens with zero attached hydrogens (tertiary/aromatic N) is 4. The van der Waals surface area contributed by atoms with Crippen molar-refractivity contribution in [2.75, 3.05) is 13.7 Å². The molecule has 0 atom stereocenters. The van der Waals surface area contributed by atoms with Gasteiger partial charge in [-0.05, 0) is 49.6 Å². The highest BCUT2D eigenvalue weighted by Gasteiger charge is 2.22. The maximum Gasteiger partial charge on any atom is 0.196 e. The number of aliphatic hydroxyl groups excluding tert-OH is 1. The van der Waals surface area contributed by atoms with Crippen LogP contribution in [0.2, 0.25) is 0 Å². The standard InChI is InChI=1S/C24H28N4O2S/c1-4-8-20(16-25-3)28-23(26-27-24(28)31-22-10-5-6-11-22)17-30-21-13-12-19(9-7-14-29)18(2)15-21/h4,8,12-13,15-16,22,29H,1,5-6,10-11,14,17H2,2-3H3/b20-8+,25-16-. The van der Waals surface area contributed by atoms with Gasteiger partial charge in [0, 0.05) is 24.1 Å². The van der Waals surface area contributed by atoms with Gasteiger partial charge in [-0.3, -0.25) is 9.56 Å². The summed E-state index contributed by atoms with van der Waals surface area (Å²) < 4.78 is 8.04. The van der Waals surface area contributed by atoms with E-state index in [-0.39, 0.29) is 13.2 Å². The van der Waals surface area contributed by atoms with Gasteiger partial charge < -0.3 is 9.84 Å². The van der Waals surface area contributed by atoms with E-state index in [1.165, 1.54) is 25.7 Å². The number of aryl methyl sites for hydroxylation is 1. The molecule has 1 saturated carbocycles. The predicted octanol–water partition coefficient (Wildman–Crippen LogP) is 4.27. The van der Waals surface area contributed by atoms with Crippen molar-refractivity contribution in [2.45, 2.75) is 49.6 Å². The van der Waals surface area contributed by atoms with Crippen LogP contribution in [0, 0.1) is 18.8 Å². The molecule has 0 unspecified atom stereocenters. The molecule has 0 spiro atoms. The molecular formula is C24H28N4O2S. The molecule has 1 aromatic carbocycles. The summed E-state index contributed by atoms with van der Waals surface area (Å²) in [6.07, 6.45) is 10.4. The van der Waals surface area contributed by atoms with Crippen LogP contribution in [0.1, 0.15) is 42.6 Å². The molecular weight excluding hydrogens is 408 g/mol. The van der Waals surface area contributed by atoms with E-state index in [9.17, 15) is 0 Å². The Labute approximate surface area is 188 Å². The molecule has 0 radical (unpaired) electrons. The van der Waals surface area contributed by atoms with Gasteiger partial charge in [-0.2, -0.15) is 0 Å². The minimum Gasteiger partial charge on any atom is -0.486 e. The molecule has 1 fully saturated rings. The first-order valence-electron chi connectivity index (χ1n) is 10.4. The van der Waals surface area contributed by atoms with E-state index in [1.807, 2.05) is 35.8 Å². The van der Waals surface area contributed by atoms with Gasteiger partial charge in [-0.25, -0.2) is 0 Å². The minimum absolute atomic E-state index is 0.157. The predicted molar refractivity (Wildman–Crippen MR) is 126 cm³/mol. The molecule has 3 rings (SSSR count). The molecule has 2 aromatic rings. The molecule has 6 nitrogen and oxygen atoms in total. The average molecular weight is 437 g/mol. The summed E-state index contributed by atoms with van der Waals surface area (Å²) in [7, 11) is 1.74. The summed E-state index contributed by atoms with van der Waals surface area (Å²) >= 11 is 1.77. The lowest BCUT2D eigenvalue weighted by atomic mass is 10.1. The number of allylic oxidation sites excluding steroid dienone is 3. The zero-order valence-electron chi connectivity index (χ0n) is 18.0. The normalized spacial score (nSPS) is 14.6. The Morgan fingerprint density at radius 1 is 1.39 bits per heavy atom. The van der Waals surface area contributed by atoms with Crippen LogP contribution < -0.4 is 4.74 Å². The lowest BCUT2D eigenvalue weighted by Gasteiger charge is -2.13. The third-order valence-electron chi connectivity index (χ3n) is 4.95. The molecule has 0 aliphatic heterocycles. The maximum absolute atomic E-state index is 8.89. The first kappa shape index (κ1) is 22.9. The zero-order valence-corrected chi connectivity index (χ0v) is 18.9. The Morgan fingerprint density at radius 3 is 2.87 bits per heavy atom. The lowest BCUT2D eigenvalue weighted by Crippen LogP contribution is -2.10. The van der Waals surface area contributed by atoms with Crippen LogP contribution in [0.3, 0.4) is 0 Å². The van der Waals surface area contributed by atoms with Crippen LogP contribution >= 0.6 is 11.8 Å². The van der Waals surface area contributed by atoms with Gasteiger partial charge in [0.05, 0.1) is 5.70 Å². The highest BCUT2D eigenvalue weighted by molar-refractivity contribution is 7.99. The Kier molecular flexibility index (Phi) is 8.51. The molecule has 1 aromatic heterocycles. The van der Waals surface area contributed by atoms with Gasteiger partial charge in [-0.1, -0.05) is 49.1 Å². The van der Waals surface area contributed by atoms with Crippen LogP contribution in [0.15, 0.2) is 47.1 Å². The number of hydrogen-bond donors (Lipinski definition) is 1. The Morgan fingerprint density at radius 2 is 2.19 bits per heavy atom. The van der Waals surface area contributed by atoms with Crippen molar-refractivity contribution in [3.63, 3.8) is 0 Å². The number of rotatable bonds is 8. The monoisotopic (exact) mass is 436 g/mol. The van der Waals surface area contributed by atoms with Crippen molar-refractivity contribution in [2.24, 2.45) is 4.99 Å². The van der Waals surface area contributed by atoms with Crippen LogP contribution in [-0.2, 0) is 6.61 Å². The van der Waals surface area contributed by atoms with Gasteiger partial charge in [0.2, 0.25) is 0 Å². The summed E-state index contributed by atoms with van der Waals surface area (Å²) in [5.41, 5.74) is 2.71. The van der Waals surface area contributed by atoms with Crippen LogP contribution in [-0.4, -0.2) is 45.0 Å². The largest absolute Gasteiger partial charge is 0.486 e. The molecule has 1 heterocycles. The Bertz CT molecular complexity index is 1020. The summed E-state index contributed by atoms with van der Waals surface area (Å²) in [5, 5.41) is 19.2. The van der Waals surface area contributed by atoms with E-state index in [4.69, 9.17) is 9.84 Å². The summed E-state index contributed by atoms with van der Waals surface area (Å²) in [4.78, 5) is 4.19. The van der Waals surface area contributed by atoms with Gasteiger partial charge in [0.25, 0.3) is 0 Å². The highest BCUT2D eigenvalue weighted by atomic mass is 32.2. The second-order valence-electron chi connectivity index (χ2n) is 7.20. The fourth-order valence-electron chi connectivity index (χ4n) is 3.46. The van der Waals surface area contributed by atoms with Crippen molar-refractivity contribution in [3.05, 3.63) is 53.9 Å². The van der Waals surface area contributed by atoms with E-state index in [0.29, 0.717) is 11.1 Å². The van der Waals surface area contributed by atoms with Crippen LogP contribution in [0.4, 0.5) is 0 Å². The first-order chi connectivity index (χ1) is 15.2. The maximum atomic E-state index is 8.89. The number of benzene rings is 1. The zero-order chi connectivity index (χ0) is 22.1. The number of aliphatic imine (C=N–C) groups is 1. The molecule has 7 heteroatoms. The van der Waals surface area contributed by atoms with Crippen molar-refractivity contribution in [3.8, 4) is 17.6 Å². The fourth-order valence-corrected chi connectivity index (χ4v) is 4.73. The third-order valence-corrected chi connectivity index (χ3v) is 6.23. The van der Waals surface area contributed by atoms with Gasteiger partial charge in [0.1, 0.15) is 19.0 Å². The summed E-state index contributed by atoms with van der Waals surface area (Å²) in [6, 6.07) is 5.70. The SMILES string of the molecule is C=C/C=C(\C=N/C)n1c(COc2ccc(C#CCO)c(C)c2)nnc1SC1CCCC1. The molecule has 0 bridgehead atoms.